The van der Waals surface area contributed by atoms with Crippen LogP contribution in [0.3, 0.4) is 0 Å². The number of nitrogens with one attached hydrogen (secondary N) is 3. The van der Waals surface area contributed by atoms with E-state index in [1.807, 2.05) is 18.2 Å². The quantitative estimate of drug-likeness (QED) is 0.554. The van der Waals surface area contributed by atoms with Crippen molar-refractivity contribution >= 4 is 29.0 Å². The first-order valence-electron chi connectivity index (χ1n) is 8.95. The lowest BCUT2D eigenvalue weighted by Gasteiger charge is -2.10. The number of benzene rings is 1. The molecule has 2 heterocycles. The van der Waals surface area contributed by atoms with Crippen LogP contribution in [-0.4, -0.2) is 21.5 Å². The van der Waals surface area contributed by atoms with E-state index < -0.39 is 0 Å². The molecule has 0 saturated heterocycles. The van der Waals surface area contributed by atoms with E-state index in [0.717, 1.165) is 28.2 Å². The Morgan fingerprint density at radius 2 is 1.83 bits per heavy atom. The van der Waals surface area contributed by atoms with Crippen LogP contribution < -0.4 is 20.8 Å². The highest BCUT2D eigenvalue weighted by Gasteiger charge is 2.09. The molecule has 0 aliphatic carbocycles. The van der Waals surface area contributed by atoms with Gasteiger partial charge in [-0.1, -0.05) is 23.5 Å². The van der Waals surface area contributed by atoms with Gasteiger partial charge in [-0.05, 0) is 42.3 Å². The van der Waals surface area contributed by atoms with Crippen LogP contribution in [0.4, 0.5) is 10.5 Å². The second-order valence-electron chi connectivity index (χ2n) is 6.37. The fourth-order valence-corrected chi connectivity index (χ4v) is 3.35. The van der Waals surface area contributed by atoms with Crippen LogP contribution in [0.25, 0.3) is 0 Å². The topological polar surface area (TPSA) is 105 Å². The summed E-state index contributed by atoms with van der Waals surface area (Å²) in [6, 6.07) is 10.5. The van der Waals surface area contributed by atoms with Gasteiger partial charge in [-0.3, -0.25) is 19.1 Å². The van der Waals surface area contributed by atoms with E-state index in [1.54, 1.807) is 42.9 Å². The molecule has 150 valence electrons. The molecule has 3 amide bonds. The zero-order valence-electron chi connectivity index (χ0n) is 15.8. The zero-order chi connectivity index (χ0) is 20.6. The molecule has 1 aromatic carbocycles. The van der Waals surface area contributed by atoms with E-state index in [0.29, 0.717) is 18.8 Å². The fraction of sp³-hybridized carbons (Fsp3) is 0.200. The Labute approximate surface area is 171 Å². The Balaban J connectivity index is 1.49. The number of nitrogens with zero attached hydrogens (tertiary/aromatic N) is 2. The third kappa shape index (κ3) is 6.01. The van der Waals surface area contributed by atoms with E-state index in [9.17, 15) is 14.4 Å². The summed E-state index contributed by atoms with van der Waals surface area (Å²) >= 11 is 1.08. The van der Waals surface area contributed by atoms with Gasteiger partial charge >= 0.3 is 10.9 Å². The molecular formula is C20H21N5O3S. The Bertz CT molecular complexity index is 1050. The van der Waals surface area contributed by atoms with Gasteiger partial charge in [-0.2, -0.15) is 0 Å². The van der Waals surface area contributed by atoms with Gasteiger partial charge in [0.1, 0.15) is 6.54 Å². The average molecular weight is 411 g/mol. The molecule has 0 saturated carbocycles. The number of hydrogen-bond donors (Lipinski definition) is 3. The number of aryl methyl sites for hydroxylation is 1. The number of urea groups is 1. The van der Waals surface area contributed by atoms with Crippen LogP contribution in [0.5, 0.6) is 0 Å². The minimum Gasteiger partial charge on any atom is -0.350 e. The number of anilines is 1. The normalized spacial score (nSPS) is 10.4. The first kappa shape index (κ1) is 20.3. The van der Waals surface area contributed by atoms with Crippen LogP contribution in [-0.2, 0) is 24.4 Å². The minimum atomic E-state index is -0.324. The summed E-state index contributed by atoms with van der Waals surface area (Å²) in [4.78, 5) is 39.7. The van der Waals surface area contributed by atoms with Crippen LogP contribution in [0.2, 0.25) is 0 Å². The average Bonchev–Trinajstić information content (AvgIpc) is 3.04. The molecule has 29 heavy (non-hydrogen) atoms. The predicted octanol–water partition coefficient (Wildman–Crippen LogP) is 2.25. The van der Waals surface area contributed by atoms with E-state index in [-0.39, 0.29) is 23.4 Å². The molecule has 0 radical (unpaired) electrons. The van der Waals surface area contributed by atoms with E-state index in [2.05, 4.69) is 20.9 Å². The van der Waals surface area contributed by atoms with Crippen LogP contribution in [0.1, 0.15) is 16.8 Å². The summed E-state index contributed by atoms with van der Waals surface area (Å²) in [5, 5.41) is 10.1. The number of carbonyl (C=O) groups excluding carboxylic acids is 2. The third-order valence-electron chi connectivity index (χ3n) is 4.16. The number of carbonyl (C=O) groups is 2. The van der Waals surface area contributed by atoms with Gasteiger partial charge in [0, 0.05) is 42.2 Å². The standard InChI is InChI=1S/C20H21N5O3S/c1-14-13-29-20(28)25(14)12-18(26)22-11-16-3-2-4-17(9-16)24-19(27)23-10-15-5-7-21-8-6-15/h2-9,13H,10-12H2,1H3,(H,22,26)(H2,23,24,27). The first-order valence-corrected chi connectivity index (χ1v) is 9.83. The fourth-order valence-electron chi connectivity index (χ4n) is 2.61. The van der Waals surface area contributed by atoms with Gasteiger partial charge in [0.2, 0.25) is 5.91 Å². The summed E-state index contributed by atoms with van der Waals surface area (Å²) < 4.78 is 1.44. The van der Waals surface area contributed by atoms with Crippen molar-refractivity contribution in [3.05, 3.63) is 80.7 Å². The largest absolute Gasteiger partial charge is 0.350 e. The molecule has 0 aliphatic heterocycles. The molecule has 3 rings (SSSR count). The van der Waals surface area contributed by atoms with Crippen LogP contribution >= 0.6 is 11.3 Å². The van der Waals surface area contributed by atoms with Crippen molar-refractivity contribution in [3.63, 3.8) is 0 Å². The molecule has 3 aromatic rings. The van der Waals surface area contributed by atoms with Crippen LogP contribution in [0.15, 0.2) is 59.0 Å². The number of thiazole rings is 1. The highest BCUT2D eigenvalue weighted by Crippen LogP contribution is 2.10. The molecule has 2 aromatic heterocycles. The molecule has 0 atom stereocenters. The lowest BCUT2D eigenvalue weighted by atomic mass is 10.2. The monoisotopic (exact) mass is 411 g/mol. The Morgan fingerprint density at radius 3 is 2.55 bits per heavy atom. The maximum absolute atomic E-state index is 12.1. The number of amides is 3. The smallest absolute Gasteiger partial charge is 0.319 e. The van der Waals surface area contributed by atoms with Gasteiger partial charge in [0.25, 0.3) is 0 Å². The maximum atomic E-state index is 12.1. The van der Waals surface area contributed by atoms with Crippen molar-refractivity contribution in [2.75, 3.05) is 5.32 Å². The SMILES string of the molecule is Cc1csc(=O)n1CC(=O)NCc1cccc(NC(=O)NCc2ccncc2)c1. The van der Waals surface area contributed by atoms with Crippen molar-refractivity contribution in [1.82, 2.24) is 20.2 Å². The third-order valence-corrected chi connectivity index (χ3v) is 5.04. The van der Waals surface area contributed by atoms with E-state index in [1.165, 1.54) is 4.57 Å². The Kier molecular flexibility index (Phi) is 6.75. The molecule has 3 N–H and O–H groups in total. The van der Waals surface area contributed by atoms with Crippen molar-refractivity contribution in [2.24, 2.45) is 0 Å². The van der Waals surface area contributed by atoms with Gasteiger partial charge < -0.3 is 16.0 Å². The van der Waals surface area contributed by atoms with Crippen molar-refractivity contribution < 1.29 is 9.59 Å². The van der Waals surface area contributed by atoms with Gasteiger partial charge in [0.15, 0.2) is 0 Å². The summed E-state index contributed by atoms with van der Waals surface area (Å²) in [6.07, 6.45) is 3.34. The number of hydrogen-bond acceptors (Lipinski definition) is 5. The van der Waals surface area contributed by atoms with Gasteiger partial charge in [-0.25, -0.2) is 4.79 Å². The first-order chi connectivity index (χ1) is 14.0. The molecule has 0 aliphatic rings. The summed E-state index contributed by atoms with van der Waals surface area (Å²) in [5.74, 6) is -0.248. The molecule has 0 unspecified atom stereocenters. The number of rotatable bonds is 7. The predicted molar refractivity (Wildman–Crippen MR) is 112 cm³/mol. The van der Waals surface area contributed by atoms with Gasteiger partial charge in [0.05, 0.1) is 0 Å². The number of aromatic nitrogens is 2. The highest BCUT2D eigenvalue weighted by atomic mass is 32.1. The van der Waals surface area contributed by atoms with E-state index >= 15 is 0 Å². The number of pyridine rings is 1. The lowest BCUT2D eigenvalue weighted by Crippen LogP contribution is -2.30. The summed E-state index contributed by atoms with van der Waals surface area (Å²) in [7, 11) is 0. The summed E-state index contributed by atoms with van der Waals surface area (Å²) in [5.41, 5.74) is 3.17. The zero-order valence-corrected chi connectivity index (χ0v) is 16.7. The maximum Gasteiger partial charge on any atom is 0.319 e. The van der Waals surface area contributed by atoms with Crippen LogP contribution in [0, 0.1) is 6.92 Å². The van der Waals surface area contributed by atoms with Gasteiger partial charge in [-0.15, -0.1) is 0 Å². The van der Waals surface area contributed by atoms with E-state index in [4.69, 9.17) is 0 Å². The second-order valence-corrected chi connectivity index (χ2v) is 7.19. The summed E-state index contributed by atoms with van der Waals surface area (Å²) in [6.45, 7) is 2.47. The molecule has 0 fully saturated rings. The molecule has 0 spiro atoms. The molecule has 0 bridgehead atoms. The molecular weight excluding hydrogens is 390 g/mol. The Hall–Kier alpha value is -3.46. The minimum absolute atomic E-state index is 0.0104. The Morgan fingerprint density at radius 1 is 1.07 bits per heavy atom. The van der Waals surface area contributed by atoms with Crippen molar-refractivity contribution in [2.45, 2.75) is 26.6 Å². The molecule has 8 nitrogen and oxygen atoms in total. The molecule has 9 heteroatoms. The second kappa shape index (κ2) is 9.65. The highest BCUT2D eigenvalue weighted by molar-refractivity contribution is 7.07. The van der Waals surface area contributed by atoms with Crippen molar-refractivity contribution in [3.8, 4) is 0 Å². The van der Waals surface area contributed by atoms with Crippen molar-refractivity contribution in [1.29, 1.82) is 0 Å². The lowest BCUT2D eigenvalue weighted by molar-refractivity contribution is -0.121.